The van der Waals surface area contributed by atoms with Crippen molar-refractivity contribution < 1.29 is 14.2 Å². The molecule has 3 aromatic carbocycles. The Hall–Kier alpha value is -2.98. The normalized spacial score (nSPS) is 15.3. The van der Waals surface area contributed by atoms with Crippen molar-refractivity contribution in [3.05, 3.63) is 89.0 Å². The lowest BCUT2D eigenvalue weighted by Crippen LogP contribution is -2.31. The third-order valence-electron chi connectivity index (χ3n) is 5.50. The number of nitrogens with one attached hydrogen (secondary N) is 1. The summed E-state index contributed by atoms with van der Waals surface area (Å²) in [5.74, 6) is 2.57. The summed E-state index contributed by atoms with van der Waals surface area (Å²) in [7, 11) is 1.69. The molecule has 3 aromatic rings. The van der Waals surface area contributed by atoms with E-state index in [9.17, 15) is 0 Å². The zero-order valence-electron chi connectivity index (χ0n) is 17.7. The lowest BCUT2D eigenvalue weighted by atomic mass is 9.89. The van der Waals surface area contributed by atoms with E-state index in [0.29, 0.717) is 13.2 Å². The van der Waals surface area contributed by atoms with Crippen molar-refractivity contribution in [3.63, 3.8) is 0 Å². The Morgan fingerprint density at radius 3 is 2.63 bits per heavy atom. The maximum Gasteiger partial charge on any atom is 0.164 e. The summed E-state index contributed by atoms with van der Waals surface area (Å²) in [6.07, 6.45) is 1.82. The van der Waals surface area contributed by atoms with Gasteiger partial charge in [-0.15, -0.1) is 0 Å². The summed E-state index contributed by atoms with van der Waals surface area (Å²) in [6.45, 7) is 4.18. The van der Waals surface area contributed by atoms with Crippen LogP contribution in [0.5, 0.6) is 17.2 Å². The maximum atomic E-state index is 6.06. The van der Waals surface area contributed by atoms with Crippen molar-refractivity contribution in [2.24, 2.45) is 0 Å². The number of fused-ring (bicyclic) bond motifs is 1. The summed E-state index contributed by atoms with van der Waals surface area (Å²) in [4.78, 5) is 0. The lowest BCUT2D eigenvalue weighted by Gasteiger charge is -2.29. The Kier molecular flexibility index (Phi) is 6.55. The first kappa shape index (κ1) is 20.3. The Labute approximate surface area is 178 Å². The minimum Gasteiger partial charge on any atom is -0.493 e. The van der Waals surface area contributed by atoms with Gasteiger partial charge >= 0.3 is 0 Å². The fraction of sp³-hybridized carbons (Fsp3) is 0.308. The number of ether oxygens (including phenoxy) is 3. The molecule has 30 heavy (non-hydrogen) atoms. The van der Waals surface area contributed by atoms with E-state index in [1.54, 1.807) is 7.11 Å². The minimum atomic E-state index is 0.108. The van der Waals surface area contributed by atoms with Gasteiger partial charge in [0, 0.05) is 18.5 Å². The number of rotatable bonds is 8. The molecule has 1 unspecified atom stereocenters. The molecule has 0 amide bonds. The van der Waals surface area contributed by atoms with Crippen LogP contribution in [0, 0.1) is 0 Å². The lowest BCUT2D eigenvalue weighted by molar-refractivity contribution is 0.305. The average Bonchev–Trinajstić information content (AvgIpc) is 2.80. The summed E-state index contributed by atoms with van der Waals surface area (Å²) >= 11 is 0. The SMILES string of the molecule is CCOc1c(OC)ccc2c1CCNC2c1cccc(OCCc2ccccc2)c1. The molecule has 156 valence electrons. The van der Waals surface area contributed by atoms with Gasteiger partial charge in [0.1, 0.15) is 5.75 Å². The predicted molar refractivity (Wildman–Crippen MR) is 120 cm³/mol. The monoisotopic (exact) mass is 403 g/mol. The molecule has 0 spiro atoms. The Bertz CT molecular complexity index is 971. The van der Waals surface area contributed by atoms with Crippen LogP contribution in [0.1, 0.15) is 35.2 Å². The van der Waals surface area contributed by atoms with Gasteiger partial charge in [-0.1, -0.05) is 48.5 Å². The molecule has 4 nitrogen and oxygen atoms in total. The molecule has 0 saturated heterocycles. The van der Waals surface area contributed by atoms with E-state index in [1.165, 1.54) is 22.3 Å². The van der Waals surface area contributed by atoms with Crippen LogP contribution < -0.4 is 19.5 Å². The van der Waals surface area contributed by atoms with E-state index in [4.69, 9.17) is 14.2 Å². The molecule has 0 aliphatic carbocycles. The Balaban J connectivity index is 1.54. The standard InChI is InChI=1S/C26H29NO3/c1-3-29-26-23-14-16-27-25(22(23)12-13-24(26)28-2)20-10-7-11-21(18-20)30-17-15-19-8-5-4-6-9-19/h4-13,18,25,27H,3,14-17H2,1-2H3. The van der Waals surface area contributed by atoms with E-state index >= 15 is 0 Å². The van der Waals surface area contributed by atoms with Crippen molar-refractivity contribution >= 4 is 0 Å². The molecule has 0 saturated carbocycles. The molecular formula is C26H29NO3. The number of methoxy groups -OCH3 is 1. The van der Waals surface area contributed by atoms with E-state index in [2.05, 4.69) is 53.8 Å². The van der Waals surface area contributed by atoms with Gasteiger partial charge in [0.05, 0.1) is 26.4 Å². The highest BCUT2D eigenvalue weighted by Crippen LogP contribution is 2.40. The van der Waals surface area contributed by atoms with Gasteiger partial charge in [0.2, 0.25) is 0 Å². The van der Waals surface area contributed by atoms with Gasteiger partial charge in [-0.3, -0.25) is 0 Å². The van der Waals surface area contributed by atoms with Gasteiger partial charge in [-0.25, -0.2) is 0 Å². The van der Waals surface area contributed by atoms with Crippen LogP contribution in [-0.2, 0) is 12.8 Å². The molecule has 1 aliphatic rings. The quantitative estimate of drug-likeness (QED) is 0.578. The first-order valence-corrected chi connectivity index (χ1v) is 10.6. The van der Waals surface area contributed by atoms with Crippen LogP contribution in [0.25, 0.3) is 0 Å². The molecule has 1 heterocycles. The molecule has 0 aromatic heterocycles. The molecule has 1 atom stereocenters. The summed E-state index contributed by atoms with van der Waals surface area (Å²) in [5, 5.41) is 3.66. The van der Waals surface area contributed by atoms with Crippen LogP contribution >= 0.6 is 0 Å². The molecule has 1 N–H and O–H groups in total. The van der Waals surface area contributed by atoms with Crippen LogP contribution in [0.15, 0.2) is 66.7 Å². The van der Waals surface area contributed by atoms with Gasteiger partial charge < -0.3 is 19.5 Å². The molecule has 0 fully saturated rings. The molecule has 0 bridgehead atoms. The number of benzene rings is 3. The molecule has 4 rings (SSSR count). The highest BCUT2D eigenvalue weighted by molar-refractivity contribution is 5.55. The average molecular weight is 404 g/mol. The second kappa shape index (κ2) is 9.68. The summed E-state index contributed by atoms with van der Waals surface area (Å²) < 4.78 is 17.5. The van der Waals surface area contributed by atoms with Crippen molar-refractivity contribution in [1.29, 1.82) is 0 Å². The van der Waals surface area contributed by atoms with E-state index in [1.807, 2.05) is 25.1 Å². The van der Waals surface area contributed by atoms with Crippen molar-refractivity contribution in [1.82, 2.24) is 5.32 Å². The first-order chi connectivity index (χ1) is 14.8. The fourth-order valence-electron chi connectivity index (χ4n) is 4.08. The predicted octanol–water partition coefficient (Wildman–Crippen LogP) is 4.95. The largest absolute Gasteiger partial charge is 0.493 e. The first-order valence-electron chi connectivity index (χ1n) is 10.6. The van der Waals surface area contributed by atoms with E-state index < -0.39 is 0 Å². The molecule has 1 aliphatic heterocycles. The topological polar surface area (TPSA) is 39.7 Å². The highest BCUT2D eigenvalue weighted by Gasteiger charge is 2.26. The van der Waals surface area contributed by atoms with Crippen molar-refractivity contribution in [3.8, 4) is 17.2 Å². The molecular weight excluding hydrogens is 374 g/mol. The second-order valence-electron chi connectivity index (χ2n) is 7.39. The zero-order chi connectivity index (χ0) is 20.8. The van der Waals surface area contributed by atoms with E-state index in [-0.39, 0.29) is 6.04 Å². The van der Waals surface area contributed by atoms with Gasteiger partial charge in [-0.05, 0) is 48.2 Å². The van der Waals surface area contributed by atoms with Gasteiger partial charge in [0.25, 0.3) is 0 Å². The maximum absolute atomic E-state index is 6.06. The molecule has 0 radical (unpaired) electrons. The van der Waals surface area contributed by atoms with Crippen molar-refractivity contribution in [2.75, 3.05) is 26.9 Å². The Morgan fingerprint density at radius 1 is 0.967 bits per heavy atom. The number of hydrogen-bond donors (Lipinski definition) is 1. The molecule has 4 heteroatoms. The minimum absolute atomic E-state index is 0.108. The Morgan fingerprint density at radius 2 is 1.83 bits per heavy atom. The van der Waals surface area contributed by atoms with Gasteiger partial charge in [0.15, 0.2) is 11.5 Å². The fourth-order valence-corrected chi connectivity index (χ4v) is 4.08. The van der Waals surface area contributed by atoms with Crippen molar-refractivity contribution in [2.45, 2.75) is 25.8 Å². The van der Waals surface area contributed by atoms with Crippen LogP contribution in [0.2, 0.25) is 0 Å². The van der Waals surface area contributed by atoms with Gasteiger partial charge in [-0.2, -0.15) is 0 Å². The third-order valence-corrected chi connectivity index (χ3v) is 5.50. The number of hydrogen-bond acceptors (Lipinski definition) is 4. The summed E-state index contributed by atoms with van der Waals surface area (Å²) in [5.41, 5.74) is 4.96. The smallest absolute Gasteiger partial charge is 0.164 e. The summed E-state index contributed by atoms with van der Waals surface area (Å²) in [6, 6.07) is 23.1. The zero-order valence-corrected chi connectivity index (χ0v) is 17.7. The van der Waals surface area contributed by atoms with Crippen LogP contribution in [-0.4, -0.2) is 26.9 Å². The third kappa shape index (κ3) is 4.44. The second-order valence-corrected chi connectivity index (χ2v) is 7.39. The van der Waals surface area contributed by atoms with E-state index in [0.717, 1.165) is 36.6 Å². The highest BCUT2D eigenvalue weighted by atomic mass is 16.5. The van der Waals surface area contributed by atoms with Crippen LogP contribution in [0.4, 0.5) is 0 Å². The van der Waals surface area contributed by atoms with Crippen LogP contribution in [0.3, 0.4) is 0 Å².